The molecule has 1 aromatic carbocycles. The lowest BCUT2D eigenvalue weighted by Crippen LogP contribution is -2.41. The van der Waals surface area contributed by atoms with Crippen molar-refractivity contribution in [2.45, 2.75) is 59.5 Å². The van der Waals surface area contributed by atoms with Crippen LogP contribution in [0.4, 0.5) is 0 Å². The van der Waals surface area contributed by atoms with Crippen LogP contribution in [-0.4, -0.2) is 12.1 Å². The first-order valence-electron chi connectivity index (χ1n) is 7.25. The molecule has 19 heavy (non-hydrogen) atoms. The van der Waals surface area contributed by atoms with Crippen molar-refractivity contribution in [2.75, 3.05) is 6.54 Å². The van der Waals surface area contributed by atoms with Crippen molar-refractivity contribution < 1.29 is 0 Å². The maximum atomic E-state index is 5.56. The third-order valence-electron chi connectivity index (χ3n) is 3.20. The Labute approximate surface area is 118 Å². The van der Waals surface area contributed by atoms with Gasteiger partial charge in [0.25, 0.3) is 0 Å². The predicted octanol–water partition coefficient (Wildman–Crippen LogP) is 3.49. The number of rotatable bonds is 6. The summed E-state index contributed by atoms with van der Waals surface area (Å²) in [5.74, 6) is 0. The molecular formula is C17H30N2. The fourth-order valence-corrected chi connectivity index (χ4v) is 2.72. The zero-order chi connectivity index (χ0) is 14.5. The lowest BCUT2D eigenvalue weighted by molar-refractivity contribution is 0.241. The van der Waals surface area contributed by atoms with Gasteiger partial charge in [0.2, 0.25) is 0 Å². The molecule has 0 aliphatic heterocycles. The van der Waals surface area contributed by atoms with E-state index in [1.54, 1.807) is 0 Å². The molecule has 2 heteroatoms. The van der Waals surface area contributed by atoms with Crippen LogP contribution in [0.2, 0.25) is 0 Å². The van der Waals surface area contributed by atoms with Gasteiger partial charge in [0.15, 0.2) is 0 Å². The maximum absolute atomic E-state index is 5.56. The van der Waals surface area contributed by atoms with Gasteiger partial charge in [-0.1, -0.05) is 45.0 Å². The van der Waals surface area contributed by atoms with Crippen molar-refractivity contribution >= 4 is 0 Å². The van der Waals surface area contributed by atoms with E-state index in [0.29, 0.717) is 5.41 Å². The van der Waals surface area contributed by atoms with Crippen molar-refractivity contribution in [3.63, 3.8) is 0 Å². The van der Waals surface area contributed by atoms with Gasteiger partial charge in [-0.25, -0.2) is 0 Å². The highest BCUT2D eigenvalue weighted by molar-refractivity contribution is 5.22. The van der Waals surface area contributed by atoms with Crippen molar-refractivity contribution in [2.24, 2.45) is 11.1 Å². The highest BCUT2D eigenvalue weighted by Crippen LogP contribution is 2.27. The van der Waals surface area contributed by atoms with Gasteiger partial charge >= 0.3 is 0 Å². The third-order valence-corrected chi connectivity index (χ3v) is 3.20. The topological polar surface area (TPSA) is 38.0 Å². The Bertz CT molecular complexity index is 371. The molecule has 108 valence electrons. The Morgan fingerprint density at radius 3 is 1.95 bits per heavy atom. The molecule has 0 radical (unpaired) electrons. The number of benzene rings is 1. The van der Waals surface area contributed by atoms with E-state index in [0.717, 1.165) is 25.9 Å². The molecule has 0 bridgehead atoms. The van der Waals surface area contributed by atoms with Crippen molar-refractivity contribution in [3.8, 4) is 0 Å². The Balaban J connectivity index is 2.51. The maximum Gasteiger partial charge on any atom is 0.0210 e. The van der Waals surface area contributed by atoms with E-state index in [1.165, 1.54) is 11.1 Å². The summed E-state index contributed by atoms with van der Waals surface area (Å²) in [6.45, 7) is 13.1. The van der Waals surface area contributed by atoms with Crippen molar-refractivity contribution in [1.82, 2.24) is 5.32 Å². The van der Waals surface area contributed by atoms with E-state index >= 15 is 0 Å². The van der Waals surface area contributed by atoms with Gasteiger partial charge in [-0.3, -0.25) is 0 Å². The molecule has 2 nitrogen and oxygen atoms in total. The monoisotopic (exact) mass is 262 g/mol. The SMILES string of the molecule is CC(C)(C)CC(C)(C)NCc1ccc(CCN)cc1. The first kappa shape index (κ1) is 16.2. The molecule has 0 fully saturated rings. The van der Waals surface area contributed by atoms with Crippen LogP contribution < -0.4 is 11.1 Å². The van der Waals surface area contributed by atoms with Gasteiger partial charge in [-0.15, -0.1) is 0 Å². The predicted molar refractivity (Wildman–Crippen MR) is 84.2 cm³/mol. The third kappa shape index (κ3) is 6.74. The second-order valence-electron chi connectivity index (χ2n) is 7.33. The minimum absolute atomic E-state index is 0.161. The van der Waals surface area contributed by atoms with E-state index in [9.17, 15) is 0 Å². The lowest BCUT2D eigenvalue weighted by Gasteiger charge is -2.33. The van der Waals surface area contributed by atoms with Gasteiger partial charge < -0.3 is 11.1 Å². The van der Waals surface area contributed by atoms with Crippen molar-refractivity contribution in [1.29, 1.82) is 0 Å². The molecule has 0 heterocycles. The van der Waals surface area contributed by atoms with E-state index in [2.05, 4.69) is 64.2 Å². The Hall–Kier alpha value is -0.860. The summed E-state index contributed by atoms with van der Waals surface area (Å²) in [6, 6.07) is 8.76. The van der Waals surface area contributed by atoms with Crippen LogP contribution in [0, 0.1) is 5.41 Å². The minimum Gasteiger partial charge on any atom is -0.330 e. The standard InChI is InChI=1S/C17H30N2/c1-16(2,3)13-17(4,5)19-12-15-8-6-14(7-9-15)10-11-18/h6-9,19H,10-13,18H2,1-5H3. The molecule has 0 aromatic heterocycles. The summed E-state index contributed by atoms with van der Waals surface area (Å²) in [7, 11) is 0. The molecule has 0 unspecified atom stereocenters. The van der Waals surface area contributed by atoms with E-state index in [-0.39, 0.29) is 5.54 Å². The summed E-state index contributed by atoms with van der Waals surface area (Å²) in [4.78, 5) is 0. The molecule has 1 aromatic rings. The molecule has 0 aliphatic rings. The van der Waals surface area contributed by atoms with Gasteiger partial charge in [-0.2, -0.15) is 0 Å². The average molecular weight is 262 g/mol. The largest absolute Gasteiger partial charge is 0.330 e. The van der Waals surface area contributed by atoms with Gasteiger partial charge in [0, 0.05) is 12.1 Å². The molecule has 0 saturated heterocycles. The molecule has 0 atom stereocenters. The van der Waals surface area contributed by atoms with Crippen LogP contribution in [0.3, 0.4) is 0 Å². The molecule has 3 N–H and O–H groups in total. The fraction of sp³-hybridized carbons (Fsp3) is 0.647. The highest BCUT2D eigenvalue weighted by atomic mass is 14.9. The first-order chi connectivity index (χ1) is 8.72. The Morgan fingerprint density at radius 1 is 0.947 bits per heavy atom. The molecule has 1 rings (SSSR count). The smallest absolute Gasteiger partial charge is 0.0210 e. The molecule has 0 spiro atoms. The van der Waals surface area contributed by atoms with E-state index in [1.807, 2.05) is 0 Å². The zero-order valence-corrected chi connectivity index (χ0v) is 13.2. The Kier molecular flexibility index (Phi) is 5.57. The molecular weight excluding hydrogens is 232 g/mol. The zero-order valence-electron chi connectivity index (χ0n) is 13.2. The van der Waals surface area contributed by atoms with Gasteiger partial charge in [0.1, 0.15) is 0 Å². The molecule has 0 amide bonds. The fourth-order valence-electron chi connectivity index (χ4n) is 2.72. The number of nitrogens with one attached hydrogen (secondary N) is 1. The Morgan fingerprint density at radius 2 is 1.47 bits per heavy atom. The summed E-state index contributed by atoms with van der Waals surface area (Å²) < 4.78 is 0. The van der Waals surface area contributed by atoms with Crippen LogP contribution in [-0.2, 0) is 13.0 Å². The quantitative estimate of drug-likeness (QED) is 0.823. The number of nitrogens with two attached hydrogens (primary N) is 1. The average Bonchev–Trinajstić information content (AvgIpc) is 2.25. The van der Waals surface area contributed by atoms with Crippen LogP contribution in [0.5, 0.6) is 0 Å². The number of hydrogen-bond donors (Lipinski definition) is 2. The van der Waals surface area contributed by atoms with Gasteiger partial charge in [0.05, 0.1) is 0 Å². The second kappa shape index (κ2) is 6.53. The summed E-state index contributed by atoms with van der Waals surface area (Å²) in [6.07, 6.45) is 2.12. The van der Waals surface area contributed by atoms with Gasteiger partial charge in [-0.05, 0) is 49.8 Å². The summed E-state index contributed by atoms with van der Waals surface area (Å²) >= 11 is 0. The van der Waals surface area contributed by atoms with Crippen LogP contribution in [0.25, 0.3) is 0 Å². The minimum atomic E-state index is 0.161. The van der Waals surface area contributed by atoms with E-state index in [4.69, 9.17) is 5.73 Å². The lowest BCUT2D eigenvalue weighted by atomic mass is 9.82. The normalized spacial score (nSPS) is 12.7. The number of hydrogen-bond acceptors (Lipinski definition) is 2. The molecule has 0 saturated carbocycles. The van der Waals surface area contributed by atoms with Crippen LogP contribution in [0.1, 0.15) is 52.2 Å². The summed E-state index contributed by atoms with van der Waals surface area (Å²) in [5.41, 5.74) is 8.73. The van der Waals surface area contributed by atoms with Crippen molar-refractivity contribution in [3.05, 3.63) is 35.4 Å². The van der Waals surface area contributed by atoms with Crippen LogP contribution >= 0.6 is 0 Å². The van der Waals surface area contributed by atoms with E-state index < -0.39 is 0 Å². The summed E-state index contributed by atoms with van der Waals surface area (Å²) in [5, 5.41) is 3.66. The second-order valence-corrected chi connectivity index (χ2v) is 7.33. The molecule has 0 aliphatic carbocycles. The highest BCUT2D eigenvalue weighted by Gasteiger charge is 2.24. The van der Waals surface area contributed by atoms with Crippen LogP contribution in [0.15, 0.2) is 24.3 Å². The first-order valence-corrected chi connectivity index (χ1v) is 7.25.